The molecule has 0 bridgehead atoms. The highest BCUT2D eigenvalue weighted by atomic mass is 16.6. The van der Waals surface area contributed by atoms with Crippen LogP contribution in [-0.2, 0) is 23.8 Å². The van der Waals surface area contributed by atoms with Crippen molar-refractivity contribution >= 4 is 11.9 Å². The van der Waals surface area contributed by atoms with Crippen LogP contribution < -0.4 is 0 Å². The van der Waals surface area contributed by atoms with E-state index in [4.69, 9.17) is 14.2 Å². The number of allylic oxidation sites excluding steroid dienone is 14. The summed E-state index contributed by atoms with van der Waals surface area (Å²) in [5, 5.41) is 0. The zero-order chi connectivity index (χ0) is 47.7. The van der Waals surface area contributed by atoms with E-state index in [1.165, 1.54) is 141 Å². The number of hydrogen-bond donors (Lipinski definition) is 0. The molecule has 66 heavy (non-hydrogen) atoms. The molecule has 0 amide bonds. The van der Waals surface area contributed by atoms with Gasteiger partial charge in [-0.15, -0.1) is 0 Å². The fourth-order valence-electron chi connectivity index (χ4n) is 7.70. The monoisotopic (exact) mass is 919 g/mol. The molecule has 5 nitrogen and oxygen atoms in total. The Morgan fingerprint density at radius 2 is 0.682 bits per heavy atom. The predicted octanol–water partition coefficient (Wildman–Crippen LogP) is 19.2. The molecule has 0 radical (unpaired) electrons. The molecule has 0 aliphatic heterocycles. The van der Waals surface area contributed by atoms with Gasteiger partial charge in [0.15, 0.2) is 6.10 Å². The molecule has 1 atom stereocenters. The summed E-state index contributed by atoms with van der Waals surface area (Å²) in [5.74, 6) is -0.420. The van der Waals surface area contributed by atoms with Gasteiger partial charge in [-0.2, -0.15) is 0 Å². The van der Waals surface area contributed by atoms with Crippen LogP contribution in [0.4, 0.5) is 0 Å². The number of rotatable bonds is 51. The van der Waals surface area contributed by atoms with E-state index in [9.17, 15) is 9.59 Å². The maximum Gasteiger partial charge on any atom is 0.306 e. The Kier molecular flexibility index (Phi) is 53.9. The highest BCUT2D eigenvalue weighted by Gasteiger charge is 2.17. The minimum Gasteiger partial charge on any atom is -0.462 e. The van der Waals surface area contributed by atoms with Crippen molar-refractivity contribution in [1.29, 1.82) is 0 Å². The maximum atomic E-state index is 12.8. The summed E-state index contributed by atoms with van der Waals surface area (Å²) >= 11 is 0. The van der Waals surface area contributed by atoms with Crippen molar-refractivity contribution in [3.05, 3.63) is 85.1 Å². The summed E-state index contributed by atoms with van der Waals surface area (Å²) in [6, 6.07) is 0. The first-order valence-corrected chi connectivity index (χ1v) is 28.1. The lowest BCUT2D eigenvalue weighted by Gasteiger charge is -2.18. The number of ether oxygens (including phenoxy) is 3. The summed E-state index contributed by atoms with van der Waals surface area (Å²) in [7, 11) is 0. The summed E-state index contributed by atoms with van der Waals surface area (Å²) in [4.78, 5) is 25.5. The van der Waals surface area contributed by atoms with Gasteiger partial charge in [-0.25, -0.2) is 0 Å². The van der Waals surface area contributed by atoms with Crippen LogP contribution >= 0.6 is 0 Å². The Hall–Kier alpha value is -2.92. The quantitative estimate of drug-likeness (QED) is 0.0346. The van der Waals surface area contributed by atoms with E-state index in [1.807, 2.05) is 0 Å². The zero-order valence-corrected chi connectivity index (χ0v) is 43.7. The largest absolute Gasteiger partial charge is 0.462 e. The lowest BCUT2D eigenvalue weighted by Crippen LogP contribution is -2.30. The second-order valence-electron chi connectivity index (χ2n) is 18.4. The van der Waals surface area contributed by atoms with Crippen LogP contribution in [0, 0.1) is 0 Å². The van der Waals surface area contributed by atoms with Gasteiger partial charge in [0.1, 0.15) is 6.61 Å². The Labute approximate surface area is 409 Å². The van der Waals surface area contributed by atoms with E-state index in [2.05, 4.69) is 106 Å². The molecule has 380 valence electrons. The van der Waals surface area contributed by atoms with E-state index in [-0.39, 0.29) is 25.2 Å². The molecule has 0 aromatic carbocycles. The summed E-state index contributed by atoms with van der Waals surface area (Å²) < 4.78 is 17.4. The van der Waals surface area contributed by atoms with Crippen LogP contribution in [-0.4, -0.2) is 37.9 Å². The molecule has 0 rings (SSSR count). The van der Waals surface area contributed by atoms with E-state index in [0.29, 0.717) is 19.4 Å². The molecule has 0 saturated heterocycles. The van der Waals surface area contributed by atoms with E-state index < -0.39 is 6.10 Å². The normalized spacial score (nSPS) is 12.8. The first kappa shape index (κ1) is 63.1. The van der Waals surface area contributed by atoms with Crippen LogP contribution in [0.15, 0.2) is 85.1 Å². The SMILES string of the molecule is CC/C=C\C/C=C\C/C=C\CCCCCCOCC(COC(=O)CCCCCCCCCCC/C=C\C/C=C\CCCCC)OC(=O)CCCCCCCCC/C=C\C/C=C\CCCCC. The lowest BCUT2D eigenvalue weighted by molar-refractivity contribution is -0.163. The van der Waals surface area contributed by atoms with Gasteiger partial charge in [0.05, 0.1) is 6.61 Å². The van der Waals surface area contributed by atoms with E-state index in [0.717, 1.165) is 89.9 Å². The van der Waals surface area contributed by atoms with Gasteiger partial charge in [0.25, 0.3) is 0 Å². The molecule has 0 spiro atoms. The smallest absolute Gasteiger partial charge is 0.306 e. The van der Waals surface area contributed by atoms with Gasteiger partial charge < -0.3 is 14.2 Å². The lowest BCUT2D eigenvalue weighted by atomic mass is 10.1. The first-order chi connectivity index (χ1) is 32.6. The molecule has 0 heterocycles. The van der Waals surface area contributed by atoms with E-state index >= 15 is 0 Å². The molecular formula is C61H106O5. The third-order valence-electron chi connectivity index (χ3n) is 11.9. The number of esters is 2. The van der Waals surface area contributed by atoms with Crippen LogP contribution in [0.2, 0.25) is 0 Å². The Morgan fingerprint density at radius 1 is 0.348 bits per heavy atom. The number of carbonyl (C=O) groups excluding carboxylic acids is 2. The topological polar surface area (TPSA) is 61.8 Å². The van der Waals surface area contributed by atoms with Crippen molar-refractivity contribution in [1.82, 2.24) is 0 Å². The molecule has 0 fully saturated rings. The Balaban J connectivity index is 4.31. The Bertz CT molecular complexity index is 1220. The van der Waals surface area contributed by atoms with Gasteiger partial charge in [-0.3, -0.25) is 9.59 Å². The minimum absolute atomic E-state index is 0.0679. The molecule has 5 heteroatoms. The molecule has 0 N–H and O–H groups in total. The first-order valence-electron chi connectivity index (χ1n) is 28.1. The molecule has 0 aliphatic carbocycles. The number of carbonyl (C=O) groups is 2. The fraction of sp³-hybridized carbons (Fsp3) is 0.738. The third-order valence-corrected chi connectivity index (χ3v) is 11.9. The van der Waals surface area contributed by atoms with Gasteiger partial charge in [0.2, 0.25) is 0 Å². The van der Waals surface area contributed by atoms with Gasteiger partial charge in [-0.1, -0.05) is 221 Å². The average Bonchev–Trinajstić information content (AvgIpc) is 3.32. The highest BCUT2D eigenvalue weighted by Crippen LogP contribution is 2.14. The van der Waals surface area contributed by atoms with Crippen LogP contribution in [0.5, 0.6) is 0 Å². The number of unbranched alkanes of at least 4 members (excludes halogenated alkanes) is 26. The molecule has 1 unspecified atom stereocenters. The minimum atomic E-state index is -0.558. The van der Waals surface area contributed by atoms with Crippen LogP contribution in [0.25, 0.3) is 0 Å². The van der Waals surface area contributed by atoms with E-state index in [1.54, 1.807) is 0 Å². The van der Waals surface area contributed by atoms with Crippen molar-refractivity contribution in [2.45, 2.75) is 271 Å². The summed E-state index contributed by atoms with van der Waals surface area (Å²) in [6.07, 6.45) is 74.5. The summed E-state index contributed by atoms with van der Waals surface area (Å²) in [6.45, 7) is 7.62. The second-order valence-corrected chi connectivity index (χ2v) is 18.4. The number of hydrogen-bond acceptors (Lipinski definition) is 5. The molecule has 0 aromatic heterocycles. The third kappa shape index (κ3) is 53.7. The van der Waals surface area contributed by atoms with Crippen molar-refractivity contribution in [3.8, 4) is 0 Å². The maximum absolute atomic E-state index is 12.8. The van der Waals surface area contributed by atoms with Crippen LogP contribution in [0.3, 0.4) is 0 Å². The standard InChI is InChI=1S/C61H106O5/c1-4-7-10-13-16-19-22-25-28-30-31-33-34-36-39-42-45-48-51-54-60(62)65-58-59(57-64-56-53-50-47-44-41-38-27-24-21-18-15-12-9-6-3)66-61(63)55-52-49-46-43-40-37-35-32-29-26-23-20-17-14-11-8-5-2/h9,12,16-21,25-29,38,59H,4-8,10-11,13-15,22-24,30-37,39-58H2,1-3H3/b12-9-,19-16-,20-17-,21-18-,28-25-,29-26-,38-27-. The van der Waals surface area contributed by atoms with Crippen LogP contribution in [0.1, 0.15) is 265 Å². The van der Waals surface area contributed by atoms with Crippen molar-refractivity contribution in [3.63, 3.8) is 0 Å². The van der Waals surface area contributed by atoms with Gasteiger partial charge in [-0.05, 0) is 116 Å². The van der Waals surface area contributed by atoms with Gasteiger partial charge >= 0.3 is 11.9 Å². The predicted molar refractivity (Wildman–Crippen MR) is 288 cm³/mol. The molecule has 0 aliphatic rings. The fourth-order valence-corrected chi connectivity index (χ4v) is 7.70. The van der Waals surface area contributed by atoms with Gasteiger partial charge in [0, 0.05) is 19.4 Å². The summed E-state index contributed by atoms with van der Waals surface area (Å²) in [5.41, 5.74) is 0. The average molecular weight is 920 g/mol. The molecular weight excluding hydrogens is 813 g/mol. The highest BCUT2D eigenvalue weighted by molar-refractivity contribution is 5.70. The Morgan fingerprint density at radius 3 is 1.09 bits per heavy atom. The molecule has 0 aromatic rings. The van der Waals surface area contributed by atoms with Crippen molar-refractivity contribution < 1.29 is 23.8 Å². The van der Waals surface area contributed by atoms with Crippen molar-refractivity contribution in [2.24, 2.45) is 0 Å². The zero-order valence-electron chi connectivity index (χ0n) is 43.7. The second kappa shape index (κ2) is 56.4. The van der Waals surface area contributed by atoms with Crippen molar-refractivity contribution in [2.75, 3.05) is 19.8 Å². The molecule has 0 saturated carbocycles.